The van der Waals surface area contributed by atoms with E-state index >= 15 is 0 Å². The molecule has 4 heteroatoms. The van der Waals surface area contributed by atoms with Crippen LogP contribution in [0.3, 0.4) is 0 Å². The van der Waals surface area contributed by atoms with Gasteiger partial charge in [-0.2, -0.15) is 0 Å². The lowest BCUT2D eigenvalue weighted by Crippen LogP contribution is -2.19. The van der Waals surface area contributed by atoms with Crippen LogP contribution in [0.4, 0.5) is 4.39 Å². The second-order valence-electron chi connectivity index (χ2n) is 2.73. The molecular formula is C9H12FNO2. The number of nitrogens with one attached hydrogen (secondary N) is 1. The van der Waals surface area contributed by atoms with E-state index in [1.54, 1.807) is 7.05 Å². The number of aliphatic hydroxyl groups excluding tert-OH is 1. The fraction of sp³-hybridized carbons (Fsp3) is 0.333. The van der Waals surface area contributed by atoms with Crippen LogP contribution in [0.25, 0.3) is 0 Å². The standard InChI is InChI=1S/C9H12FNO2/c1-11-8(5-12)7-3-2-6(10)4-9(7)13/h2-4,8,11-13H,5H2,1H3. The summed E-state index contributed by atoms with van der Waals surface area (Å²) in [5.41, 5.74) is 0.492. The molecule has 1 atom stereocenters. The number of likely N-dealkylation sites (N-methyl/N-ethyl adjacent to an activating group) is 1. The average molecular weight is 185 g/mol. The van der Waals surface area contributed by atoms with Crippen molar-refractivity contribution in [2.24, 2.45) is 0 Å². The highest BCUT2D eigenvalue weighted by atomic mass is 19.1. The maximum atomic E-state index is 12.6. The molecule has 1 unspecified atom stereocenters. The first-order valence-corrected chi connectivity index (χ1v) is 3.95. The van der Waals surface area contributed by atoms with Crippen LogP contribution in [0.2, 0.25) is 0 Å². The van der Waals surface area contributed by atoms with E-state index in [1.807, 2.05) is 0 Å². The second-order valence-corrected chi connectivity index (χ2v) is 2.73. The first kappa shape index (κ1) is 9.95. The van der Waals surface area contributed by atoms with Gasteiger partial charge in [-0.1, -0.05) is 6.07 Å². The lowest BCUT2D eigenvalue weighted by Gasteiger charge is -2.14. The first-order valence-electron chi connectivity index (χ1n) is 3.95. The summed E-state index contributed by atoms with van der Waals surface area (Å²) in [5.74, 6) is -0.637. The monoisotopic (exact) mass is 185 g/mol. The number of rotatable bonds is 3. The van der Waals surface area contributed by atoms with Gasteiger partial charge < -0.3 is 15.5 Å². The van der Waals surface area contributed by atoms with E-state index in [0.29, 0.717) is 5.56 Å². The molecule has 72 valence electrons. The van der Waals surface area contributed by atoms with Crippen molar-refractivity contribution in [1.82, 2.24) is 5.32 Å². The second kappa shape index (κ2) is 4.20. The third-order valence-electron chi connectivity index (χ3n) is 1.90. The largest absolute Gasteiger partial charge is 0.508 e. The summed E-state index contributed by atoms with van der Waals surface area (Å²) in [6.07, 6.45) is 0. The third kappa shape index (κ3) is 2.17. The number of benzene rings is 1. The number of halogens is 1. The van der Waals surface area contributed by atoms with Crippen LogP contribution in [0.5, 0.6) is 5.75 Å². The molecule has 0 aliphatic carbocycles. The van der Waals surface area contributed by atoms with Gasteiger partial charge in [-0.15, -0.1) is 0 Å². The molecule has 1 rings (SSSR count). The lowest BCUT2D eigenvalue weighted by atomic mass is 10.1. The SMILES string of the molecule is CNC(CO)c1ccc(F)cc1O. The number of aromatic hydroxyl groups is 1. The number of phenolic OH excluding ortho intramolecular Hbond substituents is 1. The van der Waals surface area contributed by atoms with Gasteiger partial charge in [-0.25, -0.2) is 4.39 Å². The molecule has 0 aliphatic rings. The van der Waals surface area contributed by atoms with Gasteiger partial charge in [0, 0.05) is 11.6 Å². The first-order chi connectivity index (χ1) is 6.19. The van der Waals surface area contributed by atoms with Gasteiger partial charge in [0.05, 0.1) is 12.6 Å². The Morgan fingerprint density at radius 3 is 2.69 bits per heavy atom. The summed E-state index contributed by atoms with van der Waals surface area (Å²) in [5, 5.41) is 21.0. The van der Waals surface area contributed by atoms with Crippen molar-refractivity contribution in [3.63, 3.8) is 0 Å². The van der Waals surface area contributed by atoms with Crippen molar-refractivity contribution in [3.05, 3.63) is 29.6 Å². The molecule has 3 N–H and O–H groups in total. The quantitative estimate of drug-likeness (QED) is 0.652. The van der Waals surface area contributed by atoms with Gasteiger partial charge in [0.15, 0.2) is 0 Å². The molecular weight excluding hydrogens is 173 g/mol. The van der Waals surface area contributed by atoms with Crippen LogP contribution in [0, 0.1) is 5.82 Å². The molecule has 0 saturated carbocycles. The summed E-state index contributed by atoms with van der Waals surface area (Å²) in [7, 11) is 1.66. The van der Waals surface area contributed by atoms with E-state index in [4.69, 9.17) is 5.11 Å². The zero-order valence-corrected chi connectivity index (χ0v) is 7.29. The van der Waals surface area contributed by atoms with Crippen molar-refractivity contribution < 1.29 is 14.6 Å². The Bertz CT molecular complexity index is 287. The molecule has 0 heterocycles. The fourth-order valence-corrected chi connectivity index (χ4v) is 1.16. The van der Waals surface area contributed by atoms with E-state index in [1.165, 1.54) is 12.1 Å². The van der Waals surface area contributed by atoms with Crippen LogP contribution in [-0.4, -0.2) is 23.9 Å². The number of hydrogen-bond donors (Lipinski definition) is 3. The zero-order valence-electron chi connectivity index (χ0n) is 7.29. The number of aliphatic hydroxyl groups is 1. The van der Waals surface area contributed by atoms with Crippen LogP contribution < -0.4 is 5.32 Å². The van der Waals surface area contributed by atoms with Gasteiger partial charge in [-0.3, -0.25) is 0 Å². The molecule has 0 fully saturated rings. The lowest BCUT2D eigenvalue weighted by molar-refractivity contribution is 0.248. The molecule has 0 saturated heterocycles. The molecule has 0 radical (unpaired) electrons. The topological polar surface area (TPSA) is 52.5 Å². The smallest absolute Gasteiger partial charge is 0.126 e. The van der Waals surface area contributed by atoms with Crippen molar-refractivity contribution in [3.8, 4) is 5.75 Å². The van der Waals surface area contributed by atoms with Crippen LogP contribution >= 0.6 is 0 Å². The van der Waals surface area contributed by atoms with Crippen molar-refractivity contribution in [2.75, 3.05) is 13.7 Å². The molecule has 1 aromatic rings. The highest BCUT2D eigenvalue weighted by Gasteiger charge is 2.12. The minimum absolute atomic E-state index is 0.143. The molecule has 0 amide bonds. The van der Waals surface area contributed by atoms with Crippen LogP contribution in [0.15, 0.2) is 18.2 Å². The van der Waals surface area contributed by atoms with Crippen molar-refractivity contribution in [2.45, 2.75) is 6.04 Å². The minimum Gasteiger partial charge on any atom is -0.508 e. The minimum atomic E-state index is -0.492. The van der Waals surface area contributed by atoms with E-state index in [2.05, 4.69) is 5.32 Å². The summed E-state index contributed by atoms with van der Waals surface area (Å²) < 4.78 is 12.6. The molecule has 0 aromatic heterocycles. The van der Waals surface area contributed by atoms with Crippen LogP contribution in [-0.2, 0) is 0 Å². The maximum absolute atomic E-state index is 12.6. The Morgan fingerprint density at radius 2 is 2.23 bits per heavy atom. The Hall–Kier alpha value is -1.13. The molecule has 0 bridgehead atoms. The Labute approximate surface area is 75.8 Å². The summed E-state index contributed by atoms with van der Waals surface area (Å²) in [6, 6.07) is 3.35. The van der Waals surface area contributed by atoms with E-state index in [-0.39, 0.29) is 18.4 Å². The third-order valence-corrected chi connectivity index (χ3v) is 1.90. The van der Waals surface area contributed by atoms with Gasteiger partial charge in [0.2, 0.25) is 0 Å². The molecule has 0 spiro atoms. The number of hydrogen-bond acceptors (Lipinski definition) is 3. The fourth-order valence-electron chi connectivity index (χ4n) is 1.16. The molecule has 3 nitrogen and oxygen atoms in total. The number of phenols is 1. The summed E-state index contributed by atoms with van der Waals surface area (Å²) >= 11 is 0. The predicted octanol–water partition coefficient (Wildman–Crippen LogP) is 0.784. The van der Waals surface area contributed by atoms with Gasteiger partial charge in [0.1, 0.15) is 11.6 Å². The summed E-state index contributed by atoms with van der Waals surface area (Å²) in [6.45, 7) is -0.143. The Balaban J connectivity index is 2.99. The Kier molecular flexibility index (Phi) is 3.22. The van der Waals surface area contributed by atoms with Gasteiger partial charge in [0.25, 0.3) is 0 Å². The van der Waals surface area contributed by atoms with E-state index < -0.39 is 5.82 Å². The van der Waals surface area contributed by atoms with Crippen molar-refractivity contribution in [1.29, 1.82) is 0 Å². The maximum Gasteiger partial charge on any atom is 0.126 e. The average Bonchev–Trinajstić information content (AvgIpc) is 2.10. The zero-order chi connectivity index (χ0) is 9.84. The highest BCUT2D eigenvalue weighted by molar-refractivity contribution is 5.35. The predicted molar refractivity (Wildman–Crippen MR) is 47.0 cm³/mol. The van der Waals surface area contributed by atoms with Crippen LogP contribution in [0.1, 0.15) is 11.6 Å². The van der Waals surface area contributed by atoms with Gasteiger partial charge >= 0.3 is 0 Å². The normalized spacial score (nSPS) is 12.8. The molecule has 1 aromatic carbocycles. The van der Waals surface area contributed by atoms with E-state index in [0.717, 1.165) is 6.07 Å². The Morgan fingerprint density at radius 1 is 1.54 bits per heavy atom. The molecule has 0 aliphatic heterocycles. The highest BCUT2D eigenvalue weighted by Crippen LogP contribution is 2.24. The van der Waals surface area contributed by atoms with Crippen molar-refractivity contribution >= 4 is 0 Å². The summed E-state index contributed by atoms with van der Waals surface area (Å²) in [4.78, 5) is 0. The van der Waals surface area contributed by atoms with Gasteiger partial charge in [-0.05, 0) is 13.1 Å². The molecule has 13 heavy (non-hydrogen) atoms. The van der Waals surface area contributed by atoms with E-state index in [9.17, 15) is 9.50 Å².